The molecule has 1 aromatic heterocycles. The van der Waals surface area contributed by atoms with Crippen molar-refractivity contribution in [1.29, 1.82) is 0 Å². The Morgan fingerprint density at radius 2 is 1.74 bits per heavy atom. The van der Waals surface area contributed by atoms with Gasteiger partial charge in [-0.1, -0.05) is 62.4 Å². The summed E-state index contributed by atoms with van der Waals surface area (Å²) < 4.78 is 5.10. The maximum Gasteiger partial charge on any atom is 0.338 e. The Kier molecular flexibility index (Phi) is 6.80. The predicted molar refractivity (Wildman–Crippen MR) is 136 cm³/mol. The van der Waals surface area contributed by atoms with Gasteiger partial charge in [-0.05, 0) is 42.7 Å². The van der Waals surface area contributed by atoms with E-state index in [-0.39, 0.29) is 11.9 Å². The van der Waals surface area contributed by atoms with Gasteiger partial charge in [0.15, 0.2) is 5.88 Å². The van der Waals surface area contributed by atoms with E-state index in [4.69, 9.17) is 15.5 Å². The van der Waals surface area contributed by atoms with Crippen LogP contribution in [0.5, 0.6) is 5.88 Å². The molecular weight excluding hydrogens is 426 g/mol. The lowest BCUT2D eigenvalue weighted by atomic mass is 9.97. The van der Waals surface area contributed by atoms with E-state index >= 15 is 0 Å². The molecule has 1 atom stereocenters. The van der Waals surface area contributed by atoms with E-state index < -0.39 is 5.97 Å². The van der Waals surface area contributed by atoms with Crippen LogP contribution in [0.3, 0.4) is 0 Å². The Morgan fingerprint density at radius 3 is 2.38 bits per heavy atom. The average molecular weight is 456 g/mol. The van der Waals surface area contributed by atoms with E-state index in [1.807, 2.05) is 54.6 Å². The zero-order valence-electron chi connectivity index (χ0n) is 19.6. The Labute approximate surface area is 199 Å². The van der Waals surface area contributed by atoms with E-state index in [1.165, 1.54) is 0 Å². The molecule has 4 aromatic rings. The third-order valence-corrected chi connectivity index (χ3v) is 5.81. The largest absolute Gasteiger partial charge is 0.494 e. The third kappa shape index (κ3) is 4.72. The highest BCUT2D eigenvalue weighted by Gasteiger charge is 2.20. The van der Waals surface area contributed by atoms with Crippen molar-refractivity contribution in [3.63, 3.8) is 0 Å². The van der Waals surface area contributed by atoms with E-state index in [0.29, 0.717) is 34.9 Å². The molecule has 0 bridgehead atoms. The number of carbonyl (C=O) groups is 1. The zero-order chi connectivity index (χ0) is 24.2. The first-order valence-electron chi connectivity index (χ1n) is 11.4. The lowest BCUT2D eigenvalue weighted by Gasteiger charge is -2.16. The summed E-state index contributed by atoms with van der Waals surface area (Å²) in [7, 11) is 0. The summed E-state index contributed by atoms with van der Waals surface area (Å²) in [5.41, 5.74) is 11.2. The summed E-state index contributed by atoms with van der Waals surface area (Å²) >= 11 is 0. The number of hydrogen-bond acceptors (Lipinski definition) is 5. The third-order valence-electron chi connectivity index (χ3n) is 5.81. The van der Waals surface area contributed by atoms with Crippen LogP contribution in [-0.4, -0.2) is 28.4 Å². The number of H-pyrrole nitrogens is 1. The Balaban J connectivity index is 1.83. The second-order valence-electron chi connectivity index (χ2n) is 8.52. The van der Waals surface area contributed by atoms with Crippen molar-refractivity contribution in [2.45, 2.75) is 26.8 Å². The van der Waals surface area contributed by atoms with Crippen molar-refractivity contribution >= 4 is 28.3 Å². The van der Waals surface area contributed by atoms with Gasteiger partial charge in [0, 0.05) is 22.5 Å². The maximum atomic E-state index is 12.2. The molecule has 0 fully saturated rings. The Hall–Kier alpha value is -3.90. The molecule has 3 aromatic carbocycles. The molecule has 0 amide bonds. The molecule has 0 saturated heterocycles. The van der Waals surface area contributed by atoms with Crippen molar-refractivity contribution in [1.82, 2.24) is 4.98 Å². The number of hydrogen-bond donors (Lipinski definition) is 3. The molecule has 0 aliphatic rings. The fraction of sp³-hybridized carbons (Fsp3) is 0.214. The number of nitrogens with two attached hydrogens (primary N) is 1. The van der Waals surface area contributed by atoms with Crippen molar-refractivity contribution < 1.29 is 14.6 Å². The standard InChI is InChI=1S/C28H29N3O3/c1-4-34-28(33)20-12-15-22-23(16-20)31-27(32)24(22)26(19-8-6-5-7-9-19)30-21-13-10-18(11-14-21)25(29)17(2)3/h5-17,25,31-32H,4,29H2,1-3H3. The van der Waals surface area contributed by atoms with Crippen LogP contribution in [0, 0.1) is 5.92 Å². The SMILES string of the molecule is CCOC(=O)c1ccc2c(C(=Nc3ccc(C(N)C(C)C)cc3)c3ccccc3)c(O)[nH]c2c1. The van der Waals surface area contributed by atoms with Crippen LogP contribution in [0.4, 0.5) is 5.69 Å². The molecule has 0 aliphatic carbocycles. The Bertz CT molecular complexity index is 1320. The first-order chi connectivity index (χ1) is 16.4. The summed E-state index contributed by atoms with van der Waals surface area (Å²) in [6.07, 6.45) is 0. The summed E-state index contributed by atoms with van der Waals surface area (Å²) in [5, 5.41) is 11.6. The molecule has 6 heteroatoms. The monoisotopic (exact) mass is 455 g/mol. The lowest BCUT2D eigenvalue weighted by molar-refractivity contribution is 0.0526. The van der Waals surface area contributed by atoms with Gasteiger partial charge >= 0.3 is 5.97 Å². The van der Waals surface area contributed by atoms with Crippen LogP contribution >= 0.6 is 0 Å². The highest BCUT2D eigenvalue weighted by molar-refractivity contribution is 6.22. The molecule has 1 heterocycles. The van der Waals surface area contributed by atoms with Crippen LogP contribution in [0.25, 0.3) is 10.9 Å². The van der Waals surface area contributed by atoms with Gasteiger partial charge in [0.05, 0.1) is 29.1 Å². The van der Waals surface area contributed by atoms with Gasteiger partial charge in [-0.15, -0.1) is 0 Å². The number of nitrogens with zero attached hydrogens (tertiary/aromatic N) is 1. The minimum Gasteiger partial charge on any atom is -0.494 e. The maximum absolute atomic E-state index is 12.2. The minimum absolute atomic E-state index is 0.0166. The number of esters is 1. The van der Waals surface area contributed by atoms with Gasteiger partial charge in [0.2, 0.25) is 0 Å². The van der Waals surface area contributed by atoms with Gasteiger partial charge in [0.1, 0.15) is 0 Å². The average Bonchev–Trinajstić information content (AvgIpc) is 3.17. The Morgan fingerprint density at radius 1 is 1.03 bits per heavy atom. The van der Waals surface area contributed by atoms with Gasteiger partial charge in [0.25, 0.3) is 0 Å². The van der Waals surface area contributed by atoms with Gasteiger partial charge < -0.3 is 20.6 Å². The molecule has 174 valence electrons. The number of aliphatic imine (C=N–C) groups is 1. The van der Waals surface area contributed by atoms with Crippen molar-refractivity contribution in [3.05, 3.63) is 95.1 Å². The van der Waals surface area contributed by atoms with Gasteiger partial charge in [-0.25, -0.2) is 9.79 Å². The zero-order valence-corrected chi connectivity index (χ0v) is 19.6. The van der Waals surface area contributed by atoms with Crippen LogP contribution < -0.4 is 5.73 Å². The van der Waals surface area contributed by atoms with Gasteiger partial charge in [-0.2, -0.15) is 0 Å². The van der Waals surface area contributed by atoms with E-state index in [2.05, 4.69) is 18.8 Å². The highest BCUT2D eigenvalue weighted by Crippen LogP contribution is 2.32. The summed E-state index contributed by atoms with van der Waals surface area (Å²) in [4.78, 5) is 20.1. The number of carbonyl (C=O) groups excluding carboxylic acids is 1. The quantitative estimate of drug-likeness (QED) is 0.239. The molecule has 0 spiro atoms. The fourth-order valence-electron chi connectivity index (χ4n) is 3.91. The summed E-state index contributed by atoms with van der Waals surface area (Å²) in [5.74, 6) is -0.0920. The smallest absolute Gasteiger partial charge is 0.338 e. The van der Waals surface area contributed by atoms with Crippen molar-refractivity contribution in [2.24, 2.45) is 16.6 Å². The number of aromatic hydroxyl groups is 1. The lowest BCUT2D eigenvalue weighted by Crippen LogP contribution is -2.16. The molecule has 4 rings (SSSR count). The van der Waals surface area contributed by atoms with Crippen LogP contribution in [0.1, 0.15) is 53.9 Å². The predicted octanol–water partition coefficient (Wildman–Crippen LogP) is 5.88. The first kappa shape index (κ1) is 23.3. The summed E-state index contributed by atoms with van der Waals surface area (Å²) in [6, 6.07) is 22.7. The van der Waals surface area contributed by atoms with Crippen molar-refractivity contribution in [2.75, 3.05) is 6.61 Å². The van der Waals surface area contributed by atoms with E-state index in [1.54, 1.807) is 25.1 Å². The number of nitrogens with one attached hydrogen (secondary N) is 1. The highest BCUT2D eigenvalue weighted by atomic mass is 16.5. The number of fused-ring (bicyclic) bond motifs is 1. The molecular formula is C28H29N3O3. The van der Waals surface area contributed by atoms with Crippen LogP contribution in [0.15, 0.2) is 77.8 Å². The fourth-order valence-corrected chi connectivity index (χ4v) is 3.91. The number of aromatic amines is 1. The van der Waals surface area contributed by atoms with Crippen LogP contribution in [0.2, 0.25) is 0 Å². The number of benzene rings is 3. The van der Waals surface area contributed by atoms with Crippen LogP contribution in [-0.2, 0) is 4.74 Å². The molecule has 0 radical (unpaired) electrons. The normalized spacial score (nSPS) is 12.8. The molecule has 0 aliphatic heterocycles. The summed E-state index contributed by atoms with van der Waals surface area (Å²) in [6.45, 7) is 6.25. The molecule has 0 saturated carbocycles. The second kappa shape index (κ2) is 9.93. The van der Waals surface area contributed by atoms with E-state index in [0.717, 1.165) is 22.2 Å². The van der Waals surface area contributed by atoms with E-state index in [9.17, 15) is 9.90 Å². The van der Waals surface area contributed by atoms with Gasteiger partial charge in [-0.3, -0.25) is 0 Å². The van der Waals surface area contributed by atoms with Crippen molar-refractivity contribution in [3.8, 4) is 5.88 Å². The first-order valence-corrected chi connectivity index (χ1v) is 11.4. The molecule has 4 N–H and O–H groups in total. The number of rotatable bonds is 7. The minimum atomic E-state index is -0.406. The second-order valence-corrected chi connectivity index (χ2v) is 8.52. The topological polar surface area (TPSA) is 101 Å². The number of ether oxygens (including phenoxy) is 1. The molecule has 34 heavy (non-hydrogen) atoms. The number of aromatic nitrogens is 1. The molecule has 6 nitrogen and oxygen atoms in total. The molecule has 1 unspecified atom stereocenters.